The third kappa shape index (κ3) is 24.7. The van der Waals surface area contributed by atoms with Crippen LogP contribution in [-0.4, -0.2) is 110 Å². The molecule has 0 aromatic heterocycles. The van der Waals surface area contributed by atoms with Gasteiger partial charge in [-0.1, -0.05) is 134 Å². The largest absolute Gasteiger partial charge is 0.394 e. The molecule has 1 fully saturated rings. The maximum absolute atomic E-state index is 13.0. The second-order valence-electron chi connectivity index (χ2n) is 15.4. The highest BCUT2D eigenvalue weighted by atomic mass is 16.7. The number of amides is 1. The zero-order valence-electron chi connectivity index (χ0n) is 34.4. The summed E-state index contributed by atoms with van der Waals surface area (Å²) in [6.45, 7) is 3.33. The standard InChI is InChI=1S/C44H81NO10/c1-3-5-7-9-11-13-14-15-16-17-18-19-20-21-22-24-25-27-29-31-36(47)39(49)35(34-54-44-42(52)41(51)40(50)38(33-46)55-44)45-43(53)37(48)32-30-28-26-23-12-10-8-6-4-2/h10,12,19-20,24-25,35-42,44,46-52H,3-9,11,13-18,21-23,26-34H2,1-2H3,(H,45,53)/b12-10-,20-19+,25-24+. The third-order valence-corrected chi connectivity index (χ3v) is 10.4. The monoisotopic (exact) mass is 784 g/mol. The molecule has 0 aromatic rings. The van der Waals surface area contributed by atoms with Gasteiger partial charge in [-0.15, -0.1) is 0 Å². The second kappa shape index (κ2) is 34.4. The Morgan fingerprint density at radius 2 is 1.11 bits per heavy atom. The minimum Gasteiger partial charge on any atom is -0.394 e. The predicted octanol–water partition coefficient (Wildman–Crippen LogP) is 6.44. The van der Waals surface area contributed by atoms with Gasteiger partial charge in [0.25, 0.3) is 0 Å². The van der Waals surface area contributed by atoms with E-state index in [4.69, 9.17) is 9.47 Å². The first kappa shape index (κ1) is 51.3. The van der Waals surface area contributed by atoms with Crippen molar-refractivity contribution in [1.29, 1.82) is 0 Å². The van der Waals surface area contributed by atoms with Crippen LogP contribution in [0.2, 0.25) is 0 Å². The second-order valence-corrected chi connectivity index (χ2v) is 15.4. The Labute approximate surface area is 333 Å². The first-order valence-electron chi connectivity index (χ1n) is 21.9. The van der Waals surface area contributed by atoms with Crippen molar-refractivity contribution in [2.45, 2.75) is 223 Å². The van der Waals surface area contributed by atoms with Crippen molar-refractivity contribution in [3.8, 4) is 0 Å². The van der Waals surface area contributed by atoms with E-state index in [1.165, 1.54) is 70.6 Å². The van der Waals surface area contributed by atoms with Gasteiger partial charge in [0, 0.05) is 0 Å². The van der Waals surface area contributed by atoms with E-state index in [0.717, 1.165) is 51.4 Å². The molecule has 9 atom stereocenters. The van der Waals surface area contributed by atoms with Crippen molar-refractivity contribution >= 4 is 5.91 Å². The summed E-state index contributed by atoms with van der Waals surface area (Å²) in [5.74, 6) is -0.728. The number of carbonyl (C=O) groups excluding carboxylic acids is 1. The number of nitrogens with one attached hydrogen (secondary N) is 1. The summed E-state index contributed by atoms with van der Waals surface area (Å²) in [6.07, 6.45) is 26.5. The molecule has 0 spiro atoms. The van der Waals surface area contributed by atoms with Crippen molar-refractivity contribution in [2.24, 2.45) is 0 Å². The molecule has 11 nitrogen and oxygen atoms in total. The lowest BCUT2D eigenvalue weighted by Gasteiger charge is -2.40. The molecule has 0 radical (unpaired) electrons. The molecule has 9 unspecified atom stereocenters. The van der Waals surface area contributed by atoms with E-state index >= 15 is 0 Å². The van der Waals surface area contributed by atoms with Gasteiger partial charge in [0.05, 0.1) is 25.4 Å². The van der Waals surface area contributed by atoms with E-state index < -0.39 is 74.2 Å². The van der Waals surface area contributed by atoms with Crippen LogP contribution in [0.4, 0.5) is 0 Å². The Bertz CT molecular complexity index is 992. The third-order valence-electron chi connectivity index (χ3n) is 10.4. The van der Waals surface area contributed by atoms with Crippen LogP contribution in [0.5, 0.6) is 0 Å². The summed E-state index contributed by atoms with van der Waals surface area (Å²) in [6, 6.07) is -1.19. The summed E-state index contributed by atoms with van der Waals surface area (Å²) >= 11 is 0. The number of ether oxygens (including phenoxy) is 2. The first-order valence-corrected chi connectivity index (χ1v) is 21.9. The van der Waals surface area contributed by atoms with Crippen molar-refractivity contribution in [2.75, 3.05) is 13.2 Å². The Morgan fingerprint density at radius 1 is 0.618 bits per heavy atom. The summed E-state index contributed by atoms with van der Waals surface area (Å²) in [5.41, 5.74) is 0. The minimum atomic E-state index is -1.67. The number of aliphatic hydroxyl groups is 7. The SMILES string of the molecule is CCCC/C=C\CCCCCC(O)C(=O)NC(COC1OC(CO)C(O)C(O)C1O)C(O)C(O)CCC/C=C/CC/C=C/CCCCCCCCCCCC. The number of aliphatic hydroxyl groups excluding tert-OH is 7. The topological polar surface area (TPSA) is 189 Å². The van der Waals surface area contributed by atoms with Crippen LogP contribution in [0.1, 0.15) is 168 Å². The van der Waals surface area contributed by atoms with Crippen molar-refractivity contribution in [3.63, 3.8) is 0 Å². The molecule has 1 saturated heterocycles. The fourth-order valence-electron chi connectivity index (χ4n) is 6.67. The van der Waals surface area contributed by atoms with E-state index in [0.29, 0.717) is 19.3 Å². The quantitative estimate of drug-likeness (QED) is 0.0262. The summed E-state index contributed by atoms with van der Waals surface area (Å²) in [5, 5.41) is 75.3. The molecule has 1 amide bonds. The van der Waals surface area contributed by atoms with Crippen LogP contribution in [0.15, 0.2) is 36.5 Å². The maximum atomic E-state index is 13.0. The van der Waals surface area contributed by atoms with Crippen LogP contribution in [0.25, 0.3) is 0 Å². The zero-order chi connectivity index (χ0) is 40.5. The van der Waals surface area contributed by atoms with E-state index in [1.807, 2.05) is 0 Å². The molecular formula is C44H81NO10. The lowest BCUT2D eigenvalue weighted by molar-refractivity contribution is -0.303. The summed E-state index contributed by atoms with van der Waals surface area (Å²) in [7, 11) is 0. The van der Waals surface area contributed by atoms with Crippen LogP contribution in [-0.2, 0) is 14.3 Å². The number of rotatable bonds is 35. The highest BCUT2D eigenvalue weighted by Gasteiger charge is 2.44. The van der Waals surface area contributed by atoms with Crippen molar-refractivity contribution in [3.05, 3.63) is 36.5 Å². The molecule has 0 aromatic carbocycles. The first-order chi connectivity index (χ1) is 26.7. The van der Waals surface area contributed by atoms with E-state index in [1.54, 1.807) is 0 Å². The van der Waals surface area contributed by atoms with Gasteiger partial charge in [-0.05, 0) is 70.6 Å². The zero-order valence-corrected chi connectivity index (χ0v) is 34.4. The molecule has 1 rings (SSSR count). The van der Waals surface area contributed by atoms with Gasteiger partial charge in [-0.2, -0.15) is 0 Å². The Balaban J connectivity index is 2.50. The van der Waals surface area contributed by atoms with Crippen LogP contribution in [0, 0.1) is 0 Å². The number of unbranched alkanes of at least 4 members (excludes halogenated alkanes) is 17. The normalized spacial score (nSPS) is 22.8. The van der Waals surface area contributed by atoms with Gasteiger partial charge >= 0.3 is 0 Å². The van der Waals surface area contributed by atoms with Gasteiger partial charge < -0.3 is 50.5 Å². The molecule has 11 heteroatoms. The van der Waals surface area contributed by atoms with Crippen LogP contribution < -0.4 is 5.32 Å². The number of hydrogen-bond donors (Lipinski definition) is 8. The Kier molecular flexibility index (Phi) is 32.1. The smallest absolute Gasteiger partial charge is 0.249 e. The molecule has 1 aliphatic heterocycles. The van der Waals surface area contributed by atoms with Crippen molar-refractivity contribution in [1.82, 2.24) is 5.32 Å². The molecule has 8 N–H and O–H groups in total. The lowest BCUT2D eigenvalue weighted by atomic mass is 9.98. The fraction of sp³-hybridized carbons (Fsp3) is 0.841. The molecular weight excluding hydrogens is 702 g/mol. The highest BCUT2D eigenvalue weighted by Crippen LogP contribution is 2.23. The Hall–Kier alpha value is -1.67. The minimum absolute atomic E-state index is 0.228. The lowest BCUT2D eigenvalue weighted by Crippen LogP contribution is -2.60. The molecule has 1 aliphatic rings. The van der Waals surface area contributed by atoms with Crippen molar-refractivity contribution < 1.29 is 50.0 Å². The van der Waals surface area contributed by atoms with E-state index in [2.05, 4.69) is 55.6 Å². The Morgan fingerprint density at radius 3 is 1.67 bits per heavy atom. The maximum Gasteiger partial charge on any atom is 0.249 e. The number of allylic oxidation sites excluding steroid dienone is 6. The van der Waals surface area contributed by atoms with Crippen LogP contribution in [0.3, 0.4) is 0 Å². The van der Waals surface area contributed by atoms with Crippen LogP contribution >= 0.6 is 0 Å². The molecule has 0 bridgehead atoms. The average molecular weight is 784 g/mol. The van der Waals surface area contributed by atoms with Gasteiger partial charge in [0.1, 0.15) is 36.6 Å². The highest BCUT2D eigenvalue weighted by molar-refractivity contribution is 5.80. The molecule has 322 valence electrons. The van der Waals surface area contributed by atoms with Gasteiger partial charge in [0.2, 0.25) is 5.91 Å². The van der Waals surface area contributed by atoms with E-state index in [-0.39, 0.29) is 12.8 Å². The van der Waals surface area contributed by atoms with E-state index in [9.17, 15) is 40.5 Å². The fourth-order valence-corrected chi connectivity index (χ4v) is 6.67. The average Bonchev–Trinajstić information content (AvgIpc) is 3.18. The van der Waals surface area contributed by atoms with Gasteiger partial charge in [0.15, 0.2) is 6.29 Å². The number of carbonyl (C=O) groups is 1. The summed E-state index contributed by atoms with van der Waals surface area (Å²) < 4.78 is 11.0. The molecule has 55 heavy (non-hydrogen) atoms. The summed E-state index contributed by atoms with van der Waals surface area (Å²) in [4.78, 5) is 13.0. The molecule has 0 aliphatic carbocycles. The molecule has 0 saturated carbocycles. The number of hydrogen-bond acceptors (Lipinski definition) is 10. The predicted molar refractivity (Wildman–Crippen MR) is 219 cm³/mol. The van der Waals surface area contributed by atoms with Gasteiger partial charge in [-0.25, -0.2) is 0 Å². The molecule has 1 heterocycles. The van der Waals surface area contributed by atoms with Gasteiger partial charge in [-0.3, -0.25) is 4.79 Å².